The Labute approximate surface area is 165 Å². The lowest BCUT2D eigenvalue weighted by Gasteiger charge is -2.58. The summed E-state index contributed by atoms with van der Waals surface area (Å²) in [5, 5.41) is 36.5. The van der Waals surface area contributed by atoms with Gasteiger partial charge in [0.05, 0.1) is 18.4 Å². The number of aliphatic hydroxyl groups excluding tert-OH is 2. The van der Waals surface area contributed by atoms with Crippen LogP contribution in [0.1, 0.15) is 69.4 Å². The van der Waals surface area contributed by atoms with Gasteiger partial charge in [0.15, 0.2) is 5.13 Å². The van der Waals surface area contributed by atoms with Gasteiger partial charge in [-0.1, -0.05) is 27.2 Å². The molecule has 1 aromatic rings. The van der Waals surface area contributed by atoms with Gasteiger partial charge in [0.25, 0.3) is 0 Å². The van der Waals surface area contributed by atoms with E-state index in [1.807, 2.05) is 6.92 Å². The molecule has 0 unspecified atom stereocenters. The quantitative estimate of drug-likeness (QED) is 0.609. The Kier molecular flexibility index (Phi) is 5.85. The highest BCUT2D eigenvalue weighted by Crippen LogP contribution is 2.62. The van der Waals surface area contributed by atoms with Gasteiger partial charge in [-0.25, -0.2) is 4.98 Å². The number of carbonyl (C=O) groups excluding carboxylic acids is 1. The zero-order valence-corrected chi connectivity index (χ0v) is 17.3. The minimum Gasteiger partial charge on any atom is -0.550 e. The van der Waals surface area contributed by atoms with Gasteiger partial charge in [-0.2, -0.15) is 0 Å². The molecule has 0 bridgehead atoms. The highest BCUT2D eigenvalue weighted by molar-refractivity contribution is 7.15. The van der Waals surface area contributed by atoms with Gasteiger partial charge in [0.1, 0.15) is 0 Å². The van der Waals surface area contributed by atoms with E-state index in [-0.39, 0.29) is 30.3 Å². The number of rotatable bonds is 7. The third-order valence-electron chi connectivity index (χ3n) is 7.07. The lowest BCUT2D eigenvalue weighted by molar-refractivity contribution is -0.307. The van der Waals surface area contributed by atoms with Crippen LogP contribution < -0.4 is 10.4 Å². The summed E-state index contributed by atoms with van der Waals surface area (Å²) in [6.07, 6.45) is 3.50. The number of fused-ring (bicyclic) bond motifs is 2. The van der Waals surface area contributed by atoms with Gasteiger partial charge in [-0.15, -0.1) is 11.3 Å². The minimum atomic E-state index is -1.07. The second kappa shape index (κ2) is 7.68. The molecule has 5 atom stereocenters. The number of hydrogen-bond acceptors (Lipinski definition) is 7. The first-order chi connectivity index (χ1) is 12.8. The third kappa shape index (κ3) is 3.49. The average Bonchev–Trinajstić information content (AvgIpc) is 3.03. The maximum Gasteiger partial charge on any atom is 0.183 e. The molecule has 3 N–H and O–H groups in total. The van der Waals surface area contributed by atoms with Gasteiger partial charge in [-0.3, -0.25) is 0 Å². The molecule has 7 heteroatoms. The van der Waals surface area contributed by atoms with E-state index in [1.165, 1.54) is 0 Å². The van der Waals surface area contributed by atoms with E-state index in [2.05, 4.69) is 19.2 Å². The van der Waals surface area contributed by atoms with Crippen molar-refractivity contribution in [1.29, 1.82) is 0 Å². The fraction of sp³-hybridized carbons (Fsp3) is 0.800. The van der Waals surface area contributed by atoms with Crippen LogP contribution in [0.2, 0.25) is 0 Å². The van der Waals surface area contributed by atoms with E-state index >= 15 is 0 Å². The lowest BCUT2D eigenvalue weighted by Crippen LogP contribution is -2.57. The molecule has 2 aliphatic carbocycles. The molecule has 3 rings (SSSR count). The fourth-order valence-corrected chi connectivity index (χ4v) is 6.35. The first-order valence-electron chi connectivity index (χ1n) is 9.98. The van der Waals surface area contributed by atoms with Gasteiger partial charge in [0.2, 0.25) is 0 Å². The summed E-state index contributed by atoms with van der Waals surface area (Å²) in [4.78, 5) is 17.4. The number of nitrogens with zero attached hydrogens (tertiary/aromatic N) is 1. The highest BCUT2D eigenvalue weighted by atomic mass is 32.1. The molecule has 152 valence electrons. The molecule has 0 saturated heterocycles. The van der Waals surface area contributed by atoms with E-state index in [0.717, 1.165) is 47.9 Å². The molecular weight excluding hydrogens is 364 g/mol. The van der Waals surface area contributed by atoms with Gasteiger partial charge in [0, 0.05) is 28.7 Å². The van der Waals surface area contributed by atoms with Crippen LogP contribution in [0.25, 0.3) is 0 Å². The maximum atomic E-state index is 11.6. The molecule has 1 saturated carbocycles. The second-order valence-electron chi connectivity index (χ2n) is 8.72. The van der Waals surface area contributed by atoms with Crippen LogP contribution >= 0.6 is 11.3 Å². The van der Waals surface area contributed by atoms with Crippen molar-refractivity contribution in [2.24, 2.45) is 16.7 Å². The normalized spacial score (nSPS) is 35.4. The second-order valence-corrected chi connectivity index (χ2v) is 9.80. The van der Waals surface area contributed by atoms with Crippen LogP contribution in [0.4, 0.5) is 5.13 Å². The zero-order chi connectivity index (χ0) is 19.8. The number of nitrogens with one attached hydrogen (secondary N) is 1. The first-order valence-corrected chi connectivity index (χ1v) is 10.8. The molecule has 1 fully saturated rings. The van der Waals surface area contributed by atoms with Crippen molar-refractivity contribution in [2.75, 3.05) is 18.5 Å². The molecule has 0 aliphatic heterocycles. The molecule has 2 aliphatic rings. The van der Waals surface area contributed by atoms with Crippen LogP contribution in [0, 0.1) is 16.7 Å². The van der Waals surface area contributed by atoms with Gasteiger partial charge < -0.3 is 25.4 Å². The van der Waals surface area contributed by atoms with Crippen LogP contribution in [0.3, 0.4) is 0 Å². The van der Waals surface area contributed by atoms with E-state index in [9.17, 15) is 20.1 Å². The SMILES string of the molecule is CCCCNc1nc2c(s1)C[C@@H]1[C@](C)(CO)[C@H](O)CC[C@@]1(C)[C@@H]2CC(=O)[O-]. The van der Waals surface area contributed by atoms with E-state index in [0.29, 0.717) is 6.42 Å². The topological polar surface area (TPSA) is 106 Å². The molecule has 0 radical (unpaired) electrons. The third-order valence-corrected chi connectivity index (χ3v) is 8.12. The number of aliphatic carboxylic acids is 1. The van der Waals surface area contributed by atoms with Crippen LogP contribution in [0.15, 0.2) is 0 Å². The summed E-state index contributed by atoms with van der Waals surface area (Å²) in [6.45, 7) is 6.92. The number of thiazole rings is 1. The molecule has 1 heterocycles. The molecule has 6 nitrogen and oxygen atoms in total. The first kappa shape index (κ1) is 20.6. The Balaban J connectivity index is 2.01. The number of carboxylic acids is 1. The summed E-state index contributed by atoms with van der Waals surface area (Å²) in [6, 6.07) is 0. The van der Waals surface area contributed by atoms with Crippen molar-refractivity contribution in [1.82, 2.24) is 4.98 Å². The predicted octanol–water partition coefficient (Wildman–Crippen LogP) is 1.91. The van der Waals surface area contributed by atoms with Crippen molar-refractivity contribution in [3.8, 4) is 0 Å². The molecule has 0 spiro atoms. The number of aliphatic hydroxyl groups is 2. The summed E-state index contributed by atoms with van der Waals surface area (Å²) < 4.78 is 0. The Morgan fingerprint density at radius 3 is 2.81 bits per heavy atom. The standard InChI is InChI=1S/C20H32N2O4S/c1-4-5-8-21-18-22-17-12(9-16(25)26)19(2)7-6-15(24)20(3,11-23)14(19)10-13(17)27-18/h12,14-15,23-24H,4-11H2,1-3H3,(H,21,22)(H,25,26)/p-1/t12-,14+,15-,19+,20+/m1/s1. The van der Waals surface area contributed by atoms with Crippen molar-refractivity contribution in [3.63, 3.8) is 0 Å². The molecule has 27 heavy (non-hydrogen) atoms. The zero-order valence-electron chi connectivity index (χ0n) is 16.5. The van der Waals surface area contributed by atoms with Crippen LogP contribution in [-0.2, 0) is 11.2 Å². The monoisotopic (exact) mass is 395 g/mol. The van der Waals surface area contributed by atoms with E-state index in [1.54, 1.807) is 11.3 Å². The van der Waals surface area contributed by atoms with Crippen molar-refractivity contribution < 1.29 is 20.1 Å². The summed E-state index contributed by atoms with van der Waals surface area (Å²) in [5.74, 6) is -1.33. The summed E-state index contributed by atoms with van der Waals surface area (Å²) in [5.41, 5.74) is -0.105. The Morgan fingerprint density at radius 1 is 1.44 bits per heavy atom. The number of aromatic nitrogens is 1. The number of carboxylic acid groups (broad SMARTS) is 1. The Bertz CT molecular complexity index is 694. The van der Waals surface area contributed by atoms with Crippen LogP contribution in [-0.4, -0.2) is 40.4 Å². The van der Waals surface area contributed by atoms with Gasteiger partial charge in [-0.05, 0) is 43.4 Å². The molecule has 1 aromatic heterocycles. The fourth-order valence-electron chi connectivity index (χ4n) is 5.26. The molecule has 0 aromatic carbocycles. The highest BCUT2D eigenvalue weighted by Gasteiger charge is 2.58. The summed E-state index contributed by atoms with van der Waals surface area (Å²) in [7, 11) is 0. The average molecular weight is 396 g/mol. The number of anilines is 1. The predicted molar refractivity (Wildman–Crippen MR) is 104 cm³/mol. The maximum absolute atomic E-state index is 11.6. The van der Waals surface area contributed by atoms with Crippen molar-refractivity contribution in [2.45, 2.75) is 71.3 Å². The number of carbonyl (C=O) groups is 1. The molecular formula is C20H31N2O4S-. The minimum absolute atomic E-state index is 0.000424. The number of unbranched alkanes of at least 4 members (excludes halogenated alkanes) is 1. The largest absolute Gasteiger partial charge is 0.550 e. The van der Waals surface area contributed by atoms with Crippen molar-refractivity contribution in [3.05, 3.63) is 10.6 Å². The Morgan fingerprint density at radius 2 is 2.19 bits per heavy atom. The smallest absolute Gasteiger partial charge is 0.183 e. The van der Waals surface area contributed by atoms with Gasteiger partial charge >= 0.3 is 0 Å². The lowest BCUT2D eigenvalue weighted by atomic mass is 9.47. The van der Waals surface area contributed by atoms with Crippen molar-refractivity contribution >= 4 is 22.4 Å². The van der Waals surface area contributed by atoms with E-state index in [4.69, 9.17) is 4.98 Å². The summed E-state index contributed by atoms with van der Waals surface area (Å²) >= 11 is 1.58. The number of hydrogen-bond donors (Lipinski definition) is 3. The van der Waals surface area contributed by atoms with Crippen LogP contribution in [0.5, 0.6) is 0 Å². The van der Waals surface area contributed by atoms with E-state index < -0.39 is 17.5 Å². The Hall–Kier alpha value is -1.18. The molecule has 0 amide bonds.